The van der Waals surface area contributed by atoms with Crippen molar-refractivity contribution in [3.8, 4) is 0 Å². The molecule has 1 aromatic carbocycles. The average Bonchev–Trinajstić information content (AvgIpc) is 2.82. The zero-order chi connectivity index (χ0) is 15.6. The third-order valence-corrected chi connectivity index (χ3v) is 3.13. The maximum Gasteiger partial charge on any atom is 0.412 e. The van der Waals surface area contributed by atoms with Gasteiger partial charge in [-0.1, -0.05) is 12.1 Å². The summed E-state index contributed by atoms with van der Waals surface area (Å²) in [5.41, 5.74) is -0.276. The van der Waals surface area contributed by atoms with Crippen molar-refractivity contribution in [3.05, 3.63) is 35.6 Å². The van der Waals surface area contributed by atoms with Crippen molar-refractivity contribution in [2.24, 2.45) is 0 Å². The summed E-state index contributed by atoms with van der Waals surface area (Å²) in [6, 6.07) is 0.475. The number of halogens is 4. The van der Waals surface area contributed by atoms with Gasteiger partial charge in [0.15, 0.2) is 6.04 Å². The van der Waals surface area contributed by atoms with Crippen LogP contribution in [0.5, 0.6) is 0 Å². The van der Waals surface area contributed by atoms with E-state index in [4.69, 9.17) is 0 Å². The lowest BCUT2D eigenvalue weighted by molar-refractivity contribution is -0.164. The second kappa shape index (κ2) is 5.71. The molecule has 114 valence electrons. The van der Waals surface area contributed by atoms with E-state index in [2.05, 4.69) is 5.32 Å². The average molecular weight is 304 g/mol. The molecule has 0 saturated carbocycles. The van der Waals surface area contributed by atoms with Gasteiger partial charge in [-0.2, -0.15) is 13.2 Å². The topological polar surface area (TPSA) is 58.2 Å². The van der Waals surface area contributed by atoms with Gasteiger partial charge in [-0.3, -0.25) is 9.59 Å². The van der Waals surface area contributed by atoms with Crippen LogP contribution < -0.4 is 10.6 Å². The Hall–Kier alpha value is -2.12. The molecule has 1 heterocycles. The minimum Gasteiger partial charge on any atom is -0.344 e. The molecule has 1 aromatic rings. The number of nitrogens with one attached hydrogen (secondary N) is 2. The summed E-state index contributed by atoms with van der Waals surface area (Å²) >= 11 is 0. The summed E-state index contributed by atoms with van der Waals surface area (Å²) in [7, 11) is 0. The summed E-state index contributed by atoms with van der Waals surface area (Å²) in [4.78, 5) is 22.8. The Labute approximate surface area is 117 Å². The molecule has 21 heavy (non-hydrogen) atoms. The Morgan fingerprint density at radius 1 is 1.29 bits per heavy atom. The first-order chi connectivity index (χ1) is 9.77. The number of carbonyl (C=O) groups excluding carboxylic acids is 2. The molecule has 0 radical (unpaired) electrons. The van der Waals surface area contributed by atoms with Gasteiger partial charge < -0.3 is 10.6 Å². The molecule has 0 aliphatic carbocycles. The predicted octanol–water partition coefficient (Wildman–Crippen LogP) is 1.82. The van der Waals surface area contributed by atoms with Gasteiger partial charge >= 0.3 is 6.18 Å². The highest BCUT2D eigenvalue weighted by atomic mass is 19.4. The highest BCUT2D eigenvalue weighted by molar-refractivity contribution is 5.91. The molecular weight excluding hydrogens is 292 g/mol. The van der Waals surface area contributed by atoms with E-state index in [1.807, 2.05) is 5.32 Å². The van der Waals surface area contributed by atoms with Crippen LogP contribution in [0.4, 0.5) is 17.6 Å². The fourth-order valence-electron chi connectivity index (χ4n) is 2.06. The Balaban J connectivity index is 2.15. The minimum absolute atomic E-state index is 0.102. The van der Waals surface area contributed by atoms with Crippen molar-refractivity contribution >= 4 is 11.8 Å². The first-order valence-electron chi connectivity index (χ1n) is 6.19. The second-order valence-corrected chi connectivity index (χ2v) is 4.69. The molecule has 2 unspecified atom stereocenters. The van der Waals surface area contributed by atoms with Crippen molar-refractivity contribution in [1.82, 2.24) is 10.6 Å². The molecular formula is C13H12F4N2O2. The molecule has 1 fully saturated rings. The van der Waals surface area contributed by atoms with Crippen molar-refractivity contribution in [3.63, 3.8) is 0 Å². The fraction of sp³-hybridized carbons (Fsp3) is 0.385. The van der Waals surface area contributed by atoms with Crippen molar-refractivity contribution in [2.75, 3.05) is 0 Å². The van der Waals surface area contributed by atoms with Crippen molar-refractivity contribution in [2.45, 2.75) is 31.1 Å². The van der Waals surface area contributed by atoms with Gasteiger partial charge in [0.25, 0.3) is 0 Å². The highest BCUT2D eigenvalue weighted by Gasteiger charge is 2.43. The Morgan fingerprint density at radius 2 is 1.90 bits per heavy atom. The summed E-state index contributed by atoms with van der Waals surface area (Å²) in [6.45, 7) is 0. The lowest BCUT2D eigenvalue weighted by Crippen LogP contribution is -2.46. The molecule has 0 aromatic heterocycles. The number of rotatable bonds is 3. The predicted molar refractivity (Wildman–Crippen MR) is 64.5 cm³/mol. The summed E-state index contributed by atoms with van der Waals surface area (Å²) < 4.78 is 51.9. The maximum atomic E-state index is 13.0. The molecule has 1 aliphatic heterocycles. The normalized spacial score (nSPS) is 20.0. The minimum atomic E-state index is -4.73. The zero-order valence-electron chi connectivity index (χ0n) is 10.7. The molecule has 0 bridgehead atoms. The molecule has 2 atom stereocenters. The van der Waals surface area contributed by atoms with Gasteiger partial charge in [0.2, 0.25) is 11.8 Å². The number of amides is 2. The smallest absolute Gasteiger partial charge is 0.344 e. The molecule has 8 heteroatoms. The number of hydrogen-bond donors (Lipinski definition) is 2. The van der Waals surface area contributed by atoms with E-state index in [-0.39, 0.29) is 24.3 Å². The maximum absolute atomic E-state index is 13.0. The molecule has 2 N–H and O–H groups in total. The molecule has 0 spiro atoms. The molecule has 4 nitrogen and oxygen atoms in total. The van der Waals surface area contributed by atoms with E-state index in [9.17, 15) is 27.2 Å². The first-order valence-corrected chi connectivity index (χ1v) is 6.19. The summed E-state index contributed by atoms with van der Waals surface area (Å²) in [6.07, 6.45) is -4.47. The fourth-order valence-corrected chi connectivity index (χ4v) is 2.06. The van der Waals surface area contributed by atoms with E-state index in [0.29, 0.717) is 0 Å². The molecule has 1 aliphatic rings. The van der Waals surface area contributed by atoms with Gasteiger partial charge in [-0.15, -0.1) is 0 Å². The van der Waals surface area contributed by atoms with Crippen molar-refractivity contribution in [1.29, 1.82) is 0 Å². The van der Waals surface area contributed by atoms with E-state index < -0.39 is 30.0 Å². The third-order valence-electron chi connectivity index (χ3n) is 3.13. The number of alkyl halides is 3. The van der Waals surface area contributed by atoms with Crippen molar-refractivity contribution < 1.29 is 27.2 Å². The number of carbonyl (C=O) groups is 2. The van der Waals surface area contributed by atoms with E-state index in [1.54, 1.807) is 0 Å². The molecule has 2 amide bonds. The lowest BCUT2D eigenvalue weighted by atomic mass is 10.1. The van der Waals surface area contributed by atoms with Gasteiger partial charge in [0.05, 0.1) is 0 Å². The molecule has 1 saturated heterocycles. The van der Waals surface area contributed by atoms with Gasteiger partial charge in [0.1, 0.15) is 11.9 Å². The quantitative estimate of drug-likeness (QED) is 0.837. The van der Waals surface area contributed by atoms with Crippen LogP contribution in [0.25, 0.3) is 0 Å². The van der Waals surface area contributed by atoms with Crippen LogP contribution in [-0.2, 0) is 9.59 Å². The number of hydrogen-bond acceptors (Lipinski definition) is 2. The van der Waals surface area contributed by atoms with Gasteiger partial charge in [-0.25, -0.2) is 4.39 Å². The Morgan fingerprint density at radius 3 is 2.38 bits per heavy atom. The van der Waals surface area contributed by atoms with Gasteiger partial charge in [-0.05, 0) is 24.1 Å². The molecule has 2 rings (SSSR count). The van der Waals surface area contributed by atoms with Crippen LogP contribution in [0, 0.1) is 5.82 Å². The lowest BCUT2D eigenvalue weighted by Gasteiger charge is -2.23. The van der Waals surface area contributed by atoms with Crippen LogP contribution in [0.15, 0.2) is 24.3 Å². The van der Waals surface area contributed by atoms with Crippen LogP contribution >= 0.6 is 0 Å². The van der Waals surface area contributed by atoms with Crippen LogP contribution in [0.1, 0.15) is 24.4 Å². The summed E-state index contributed by atoms with van der Waals surface area (Å²) in [5, 5.41) is 4.15. The number of benzene rings is 1. The monoisotopic (exact) mass is 304 g/mol. The highest BCUT2D eigenvalue weighted by Crippen LogP contribution is 2.33. The standard InChI is InChI=1S/C13H12F4N2O2/c14-8-3-1-7(2-4-8)11(13(15,16)17)19-12(21)9-5-6-10(20)18-9/h1-4,9,11H,5-6H2,(H,18,20)(H,19,21). The Bertz CT molecular complexity index is 542. The largest absolute Gasteiger partial charge is 0.412 e. The van der Waals surface area contributed by atoms with E-state index >= 15 is 0 Å². The van der Waals surface area contributed by atoms with E-state index in [0.717, 1.165) is 24.3 Å². The second-order valence-electron chi connectivity index (χ2n) is 4.69. The van der Waals surface area contributed by atoms with Crippen LogP contribution in [0.2, 0.25) is 0 Å². The Kier molecular flexibility index (Phi) is 4.15. The third kappa shape index (κ3) is 3.71. The van der Waals surface area contributed by atoms with E-state index in [1.165, 1.54) is 0 Å². The van der Waals surface area contributed by atoms with Crippen LogP contribution in [-0.4, -0.2) is 24.0 Å². The summed E-state index contributed by atoms with van der Waals surface area (Å²) in [5.74, 6) is -1.96. The van der Waals surface area contributed by atoms with Gasteiger partial charge in [0, 0.05) is 6.42 Å². The first kappa shape index (κ1) is 15.3. The van der Waals surface area contributed by atoms with Crippen LogP contribution in [0.3, 0.4) is 0 Å². The SMILES string of the molecule is O=C1CCC(C(=O)NC(c2ccc(F)cc2)C(F)(F)F)N1. The zero-order valence-corrected chi connectivity index (χ0v) is 10.7.